The zero-order valence-corrected chi connectivity index (χ0v) is 14.3. The third kappa shape index (κ3) is 3.76. The van der Waals surface area contributed by atoms with Gasteiger partial charge in [-0.15, -0.1) is 0 Å². The standard InChI is InChI=1S/C15H21N5O2S/c1-11-7-16-10-20(14(11)21)8-12-3-5-19(6-4-12)15-17-13(9-22-2)18-23-15/h7,10,12H,3-6,8-9H2,1-2H3. The quantitative estimate of drug-likeness (QED) is 0.824. The van der Waals surface area contributed by atoms with Crippen molar-refractivity contribution in [1.82, 2.24) is 18.9 Å². The Bertz CT molecular complexity index is 706. The Morgan fingerprint density at radius 1 is 1.39 bits per heavy atom. The fraction of sp³-hybridized carbons (Fsp3) is 0.600. The van der Waals surface area contributed by atoms with Gasteiger partial charge in [-0.1, -0.05) is 0 Å². The summed E-state index contributed by atoms with van der Waals surface area (Å²) in [6.07, 6.45) is 5.34. The molecule has 124 valence electrons. The molecular formula is C15H21N5O2S. The third-order valence-corrected chi connectivity index (χ3v) is 4.96. The molecule has 1 aliphatic rings. The number of piperidine rings is 1. The number of ether oxygens (including phenoxy) is 1. The van der Waals surface area contributed by atoms with Gasteiger partial charge in [-0.3, -0.25) is 9.36 Å². The molecule has 1 saturated heterocycles. The van der Waals surface area contributed by atoms with Gasteiger partial charge in [0.15, 0.2) is 5.82 Å². The first-order valence-corrected chi connectivity index (χ1v) is 8.52. The van der Waals surface area contributed by atoms with Gasteiger partial charge in [-0.2, -0.15) is 4.37 Å². The molecule has 0 N–H and O–H groups in total. The number of methoxy groups -OCH3 is 1. The minimum Gasteiger partial charge on any atom is -0.377 e. The highest BCUT2D eigenvalue weighted by atomic mass is 32.1. The maximum absolute atomic E-state index is 12.1. The third-order valence-electron chi connectivity index (χ3n) is 4.14. The molecule has 0 bridgehead atoms. The van der Waals surface area contributed by atoms with Gasteiger partial charge < -0.3 is 9.64 Å². The summed E-state index contributed by atoms with van der Waals surface area (Å²) in [6, 6.07) is 0. The van der Waals surface area contributed by atoms with Crippen LogP contribution in [0.3, 0.4) is 0 Å². The Morgan fingerprint density at radius 3 is 2.91 bits per heavy atom. The molecule has 3 rings (SSSR count). The van der Waals surface area contributed by atoms with E-state index >= 15 is 0 Å². The molecule has 0 amide bonds. The van der Waals surface area contributed by atoms with Gasteiger partial charge in [0, 0.05) is 50.0 Å². The van der Waals surface area contributed by atoms with Crippen LogP contribution in [0.15, 0.2) is 17.3 Å². The number of nitrogens with zero attached hydrogens (tertiary/aromatic N) is 5. The van der Waals surface area contributed by atoms with E-state index in [1.807, 2.05) is 6.92 Å². The first-order chi connectivity index (χ1) is 11.2. The Hall–Kier alpha value is -1.80. The van der Waals surface area contributed by atoms with Crippen LogP contribution in [0.4, 0.5) is 5.13 Å². The van der Waals surface area contributed by atoms with Crippen molar-refractivity contribution in [2.45, 2.75) is 32.9 Å². The first-order valence-electron chi connectivity index (χ1n) is 7.75. The molecule has 0 radical (unpaired) electrons. The van der Waals surface area contributed by atoms with Gasteiger partial charge in [0.1, 0.15) is 6.61 Å². The highest BCUT2D eigenvalue weighted by Crippen LogP contribution is 2.25. The maximum Gasteiger partial charge on any atom is 0.256 e. The van der Waals surface area contributed by atoms with E-state index < -0.39 is 0 Å². The molecule has 0 unspecified atom stereocenters. The van der Waals surface area contributed by atoms with Crippen molar-refractivity contribution < 1.29 is 4.74 Å². The van der Waals surface area contributed by atoms with Gasteiger partial charge in [0.2, 0.25) is 5.13 Å². The molecule has 0 aromatic carbocycles. The van der Waals surface area contributed by atoms with Crippen LogP contribution in [-0.4, -0.2) is 39.1 Å². The van der Waals surface area contributed by atoms with Gasteiger partial charge in [-0.25, -0.2) is 9.97 Å². The molecule has 1 fully saturated rings. The highest BCUT2D eigenvalue weighted by Gasteiger charge is 2.22. The van der Waals surface area contributed by atoms with Crippen LogP contribution in [0.2, 0.25) is 0 Å². The number of anilines is 1. The Morgan fingerprint density at radius 2 is 2.17 bits per heavy atom. The average molecular weight is 335 g/mol. The van der Waals surface area contributed by atoms with E-state index in [4.69, 9.17) is 4.74 Å². The van der Waals surface area contributed by atoms with Crippen molar-refractivity contribution in [3.05, 3.63) is 34.3 Å². The molecule has 8 heteroatoms. The lowest BCUT2D eigenvalue weighted by atomic mass is 9.97. The molecule has 0 atom stereocenters. The number of aryl methyl sites for hydroxylation is 1. The van der Waals surface area contributed by atoms with E-state index in [0.717, 1.165) is 43.4 Å². The van der Waals surface area contributed by atoms with Crippen LogP contribution in [0, 0.1) is 12.8 Å². The summed E-state index contributed by atoms with van der Waals surface area (Å²) in [7, 11) is 1.65. The first kappa shape index (κ1) is 16.1. The van der Waals surface area contributed by atoms with Gasteiger partial charge in [0.05, 0.1) is 6.33 Å². The lowest BCUT2D eigenvalue weighted by Gasteiger charge is -2.31. The lowest BCUT2D eigenvalue weighted by Crippen LogP contribution is -2.36. The summed E-state index contributed by atoms with van der Waals surface area (Å²) in [5.41, 5.74) is 0.764. The number of hydrogen-bond acceptors (Lipinski definition) is 7. The molecule has 7 nitrogen and oxygen atoms in total. The minimum absolute atomic E-state index is 0.0655. The zero-order valence-electron chi connectivity index (χ0n) is 13.4. The van der Waals surface area contributed by atoms with Gasteiger partial charge >= 0.3 is 0 Å². The van der Waals surface area contributed by atoms with Crippen LogP contribution in [-0.2, 0) is 17.9 Å². The minimum atomic E-state index is 0.0655. The second-order valence-corrected chi connectivity index (χ2v) is 6.62. The second-order valence-electron chi connectivity index (χ2n) is 5.89. The molecule has 3 heterocycles. The van der Waals surface area contributed by atoms with Crippen LogP contribution < -0.4 is 10.5 Å². The predicted octanol–water partition coefficient (Wildman–Crippen LogP) is 1.47. The van der Waals surface area contributed by atoms with Crippen LogP contribution in [0.1, 0.15) is 24.2 Å². The lowest BCUT2D eigenvalue weighted by molar-refractivity contribution is 0.179. The fourth-order valence-electron chi connectivity index (χ4n) is 2.84. The van der Waals surface area contributed by atoms with E-state index in [1.165, 1.54) is 11.5 Å². The summed E-state index contributed by atoms with van der Waals surface area (Å²) in [6.45, 7) is 4.89. The van der Waals surface area contributed by atoms with Crippen LogP contribution in [0.25, 0.3) is 0 Å². The van der Waals surface area contributed by atoms with E-state index in [2.05, 4.69) is 19.2 Å². The molecule has 0 saturated carbocycles. The Kier molecular flexibility index (Phi) is 5.02. The van der Waals surface area contributed by atoms with Gasteiger partial charge in [0.25, 0.3) is 5.56 Å². The van der Waals surface area contributed by atoms with E-state index in [9.17, 15) is 4.79 Å². The van der Waals surface area contributed by atoms with Crippen molar-refractivity contribution in [3.63, 3.8) is 0 Å². The second kappa shape index (κ2) is 7.18. The van der Waals surface area contributed by atoms with Crippen LogP contribution in [0.5, 0.6) is 0 Å². The Balaban J connectivity index is 1.57. The zero-order chi connectivity index (χ0) is 16.2. The summed E-state index contributed by atoms with van der Waals surface area (Å²) < 4.78 is 11.1. The maximum atomic E-state index is 12.1. The molecule has 0 spiro atoms. The number of rotatable bonds is 5. The largest absolute Gasteiger partial charge is 0.377 e. The molecule has 2 aromatic heterocycles. The Labute approximate surface area is 139 Å². The summed E-state index contributed by atoms with van der Waals surface area (Å²) >= 11 is 1.43. The van der Waals surface area contributed by atoms with Gasteiger partial charge in [-0.05, 0) is 25.7 Å². The van der Waals surface area contributed by atoms with Crippen molar-refractivity contribution in [2.75, 3.05) is 25.1 Å². The van der Waals surface area contributed by atoms with E-state index in [1.54, 1.807) is 24.2 Å². The van der Waals surface area contributed by atoms with E-state index in [-0.39, 0.29) is 5.56 Å². The van der Waals surface area contributed by atoms with Crippen LogP contribution >= 0.6 is 11.5 Å². The predicted molar refractivity (Wildman–Crippen MR) is 88.8 cm³/mol. The van der Waals surface area contributed by atoms with Crippen molar-refractivity contribution in [2.24, 2.45) is 5.92 Å². The average Bonchev–Trinajstić information content (AvgIpc) is 3.02. The summed E-state index contributed by atoms with van der Waals surface area (Å²) in [4.78, 5) is 23.0. The smallest absolute Gasteiger partial charge is 0.256 e. The summed E-state index contributed by atoms with van der Waals surface area (Å²) in [5.74, 6) is 1.24. The molecule has 2 aromatic rings. The number of hydrogen-bond donors (Lipinski definition) is 0. The van der Waals surface area contributed by atoms with Crippen molar-refractivity contribution in [3.8, 4) is 0 Å². The molecule has 1 aliphatic heterocycles. The van der Waals surface area contributed by atoms with Crippen molar-refractivity contribution >= 4 is 16.7 Å². The molecule has 23 heavy (non-hydrogen) atoms. The monoisotopic (exact) mass is 335 g/mol. The molecular weight excluding hydrogens is 314 g/mol. The highest BCUT2D eigenvalue weighted by molar-refractivity contribution is 7.09. The number of aromatic nitrogens is 4. The topological polar surface area (TPSA) is 73.1 Å². The SMILES string of the molecule is COCc1nsc(N2CCC(Cn3cncc(C)c3=O)CC2)n1. The molecule has 0 aliphatic carbocycles. The fourth-order valence-corrected chi connectivity index (χ4v) is 3.56. The van der Waals surface area contributed by atoms with E-state index in [0.29, 0.717) is 18.1 Å². The normalized spacial score (nSPS) is 16.0. The van der Waals surface area contributed by atoms with Crippen molar-refractivity contribution in [1.29, 1.82) is 0 Å². The summed E-state index contributed by atoms with van der Waals surface area (Å²) in [5, 5.41) is 0.963.